The topological polar surface area (TPSA) is 70.1 Å². The summed E-state index contributed by atoms with van der Waals surface area (Å²) in [5, 5.41) is 9.29. The largest absolute Gasteiger partial charge is 0.480 e. The van der Waals surface area contributed by atoms with E-state index in [1.54, 1.807) is 12.0 Å². The molecule has 2 amide bonds. The maximum atomic E-state index is 12.6. The van der Waals surface area contributed by atoms with Crippen molar-refractivity contribution >= 4 is 12.0 Å². The number of hydrogen-bond donors (Lipinski definition) is 1. The van der Waals surface area contributed by atoms with Crippen LogP contribution < -0.4 is 0 Å². The van der Waals surface area contributed by atoms with E-state index in [9.17, 15) is 14.7 Å². The van der Waals surface area contributed by atoms with Gasteiger partial charge >= 0.3 is 12.0 Å². The minimum absolute atomic E-state index is 0.208. The minimum atomic E-state index is -0.973. The van der Waals surface area contributed by atoms with Gasteiger partial charge in [0.25, 0.3) is 0 Å². The van der Waals surface area contributed by atoms with Gasteiger partial charge in [-0.05, 0) is 11.1 Å². The normalized spacial score (nSPS) is 24.2. The molecule has 0 aliphatic carbocycles. The van der Waals surface area contributed by atoms with Gasteiger partial charge in [0.05, 0.1) is 6.10 Å². The van der Waals surface area contributed by atoms with Crippen molar-refractivity contribution in [1.82, 2.24) is 9.80 Å². The number of aliphatic carboxylic acids is 1. The average Bonchev–Trinajstić information content (AvgIpc) is 3.10. The number of methoxy groups -OCH3 is 1. The molecular weight excluding hydrogens is 272 g/mol. The summed E-state index contributed by atoms with van der Waals surface area (Å²) in [6.45, 7) is 1.41. The summed E-state index contributed by atoms with van der Waals surface area (Å²) in [5.74, 6) is -0.973. The number of carboxylic acids is 1. The summed E-state index contributed by atoms with van der Waals surface area (Å²) in [5.41, 5.74) is 2.25. The molecule has 0 aromatic heterocycles. The van der Waals surface area contributed by atoms with Crippen LogP contribution in [0.25, 0.3) is 0 Å². The van der Waals surface area contributed by atoms with Crippen LogP contribution in [0.4, 0.5) is 4.79 Å². The van der Waals surface area contributed by atoms with Crippen LogP contribution >= 0.6 is 0 Å². The van der Waals surface area contributed by atoms with Gasteiger partial charge in [0.1, 0.15) is 6.04 Å². The zero-order chi connectivity index (χ0) is 15.0. The molecule has 2 aliphatic rings. The van der Waals surface area contributed by atoms with Crippen molar-refractivity contribution < 1.29 is 19.4 Å². The number of fused-ring (bicyclic) bond motifs is 1. The fourth-order valence-corrected chi connectivity index (χ4v) is 3.06. The zero-order valence-electron chi connectivity index (χ0n) is 11.9. The highest BCUT2D eigenvalue weighted by molar-refractivity contribution is 5.84. The Labute approximate surface area is 122 Å². The lowest BCUT2D eigenvalue weighted by atomic mass is 10.1. The zero-order valence-corrected chi connectivity index (χ0v) is 11.9. The van der Waals surface area contributed by atoms with E-state index in [0.29, 0.717) is 26.1 Å². The smallest absolute Gasteiger partial charge is 0.326 e. The number of benzene rings is 1. The van der Waals surface area contributed by atoms with Gasteiger partial charge in [-0.25, -0.2) is 9.59 Å². The number of nitrogens with zero attached hydrogens (tertiary/aromatic N) is 2. The van der Waals surface area contributed by atoms with Crippen LogP contribution in [0, 0.1) is 0 Å². The summed E-state index contributed by atoms with van der Waals surface area (Å²) in [6, 6.07) is 6.87. The number of ether oxygens (including phenoxy) is 1. The molecule has 2 atom stereocenters. The molecule has 6 nitrogen and oxygen atoms in total. The number of carboxylic acid groups (broad SMARTS) is 1. The molecule has 1 saturated heterocycles. The molecule has 1 aromatic rings. The van der Waals surface area contributed by atoms with Gasteiger partial charge in [-0.1, -0.05) is 24.3 Å². The van der Waals surface area contributed by atoms with Gasteiger partial charge < -0.3 is 19.6 Å². The molecule has 1 fully saturated rings. The number of hydrogen-bond acceptors (Lipinski definition) is 3. The number of carbonyl (C=O) groups is 2. The molecule has 0 spiro atoms. The van der Waals surface area contributed by atoms with E-state index >= 15 is 0 Å². The highest BCUT2D eigenvalue weighted by Crippen LogP contribution is 2.27. The monoisotopic (exact) mass is 290 g/mol. The fourth-order valence-electron chi connectivity index (χ4n) is 3.06. The second-order valence-corrected chi connectivity index (χ2v) is 5.51. The molecule has 1 N–H and O–H groups in total. The molecule has 21 heavy (non-hydrogen) atoms. The first-order valence-corrected chi connectivity index (χ1v) is 6.98. The van der Waals surface area contributed by atoms with Gasteiger partial charge in [0.15, 0.2) is 0 Å². The standard InChI is InChI=1S/C15H18N2O4/c1-21-12-6-13(14(18)19)17(9-12)15(20)16-7-10-4-2-3-5-11(10)8-16/h2-5,12-13H,6-9H2,1H3,(H,18,19). The van der Waals surface area contributed by atoms with Gasteiger partial charge in [-0.15, -0.1) is 0 Å². The Bertz CT molecular complexity index is 550. The van der Waals surface area contributed by atoms with E-state index in [0.717, 1.165) is 11.1 Å². The van der Waals surface area contributed by atoms with Crippen LogP contribution in [-0.4, -0.2) is 52.7 Å². The second-order valence-electron chi connectivity index (χ2n) is 5.51. The fraction of sp³-hybridized carbons (Fsp3) is 0.467. The van der Waals surface area contributed by atoms with Crippen LogP contribution in [-0.2, 0) is 22.6 Å². The molecule has 2 heterocycles. The lowest BCUT2D eigenvalue weighted by molar-refractivity contribution is -0.141. The first-order chi connectivity index (χ1) is 10.1. The number of likely N-dealkylation sites (tertiary alicyclic amines) is 1. The van der Waals surface area contributed by atoms with E-state index < -0.39 is 12.0 Å². The SMILES string of the molecule is COC1CC(C(=O)O)N(C(=O)N2Cc3ccccc3C2)C1. The Morgan fingerprint density at radius 3 is 2.38 bits per heavy atom. The van der Waals surface area contributed by atoms with Crippen molar-refractivity contribution in [3.8, 4) is 0 Å². The molecule has 0 bridgehead atoms. The summed E-state index contributed by atoms with van der Waals surface area (Å²) in [6.07, 6.45) is 0.137. The van der Waals surface area contributed by atoms with E-state index in [1.165, 1.54) is 4.90 Å². The van der Waals surface area contributed by atoms with E-state index in [1.807, 2.05) is 24.3 Å². The van der Waals surface area contributed by atoms with Crippen LogP contribution in [0.1, 0.15) is 17.5 Å². The van der Waals surface area contributed by atoms with E-state index in [2.05, 4.69) is 0 Å². The third-order valence-corrected chi connectivity index (χ3v) is 4.24. The molecule has 0 saturated carbocycles. The van der Waals surface area contributed by atoms with Crippen molar-refractivity contribution in [1.29, 1.82) is 0 Å². The van der Waals surface area contributed by atoms with Crippen LogP contribution in [0.3, 0.4) is 0 Å². The second kappa shape index (κ2) is 5.37. The molecule has 2 aliphatic heterocycles. The minimum Gasteiger partial charge on any atom is -0.480 e. The van der Waals surface area contributed by atoms with Gasteiger partial charge in [-0.2, -0.15) is 0 Å². The van der Waals surface area contributed by atoms with Crippen molar-refractivity contribution in [2.45, 2.75) is 31.7 Å². The Kier molecular flexibility index (Phi) is 3.55. The third kappa shape index (κ3) is 2.47. The van der Waals surface area contributed by atoms with Crippen molar-refractivity contribution in [2.24, 2.45) is 0 Å². The number of amides is 2. The first-order valence-electron chi connectivity index (χ1n) is 6.98. The summed E-state index contributed by atoms with van der Waals surface area (Å²) < 4.78 is 5.22. The maximum Gasteiger partial charge on any atom is 0.326 e. The van der Waals surface area contributed by atoms with Crippen LogP contribution in [0.2, 0.25) is 0 Å². The maximum absolute atomic E-state index is 12.6. The predicted molar refractivity (Wildman–Crippen MR) is 74.6 cm³/mol. The van der Waals surface area contributed by atoms with Crippen LogP contribution in [0.15, 0.2) is 24.3 Å². The molecule has 0 radical (unpaired) electrons. The Balaban J connectivity index is 1.75. The Hall–Kier alpha value is -2.08. The molecule has 6 heteroatoms. The average molecular weight is 290 g/mol. The number of urea groups is 1. The number of rotatable bonds is 2. The van der Waals surface area contributed by atoms with Gasteiger partial charge in [0, 0.05) is 33.2 Å². The van der Waals surface area contributed by atoms with Crippen LogP contribution in [0.5, 0.6) is 0 Å². The van der Waals surface area contributed by atoms with E-state index in [-0.39, 0.29) is 12.1 Å². The number of carbonyl (C=O) groups excluding carboxylic acids is 1. The lowest BCUT2D eigenvalue weighted by Crippen LogP contribution is -2.46. The molecule has 112 valence electrons. The molecule has 3 rings (SSSR count). The highest BCUT2D eigenvalue weighted by Gasteiger charge is 2.42. The predicted octanol–water partition coefficient (Wildman–Crippen LogP) is 1.30. The molecular formula is C15H18N2O4. The first kappa shape index (κ1) is 13.9. The quantitative estimate of drug-likeness (QED) is 0.891. The van der Waals surface area contributed by atoms with E-state index in [4.69, 9.17) is 4.74 Å². The Morgan fingerprint density at radius 1 is 1.24 bits per heavy atom. The summed E-state index contributed by atoms with van der Waals surface area (Å²) >= 11 is 0. The summed E-state index contributed by atoms with van der Waals surface area (Å²) in [7, 11) is 1.54. The third-order valence-electron chi connectivity index (χ3n) is 4.24. The van der Waals surface area contributed by atoms with Crippen molar-refractivity contribution in [3.05, 3.63) is 35.4 Å². The summed E-state index contributed by atoms with van der Waals surface area (Å²) in [4.78, 5) is 27.1. The molecule has 1 aromatic carbocycles. The van der Waals surface area contributed by atoms with Gasteiger partial charge in [-0.3, -0.25) is 0 Å². The highest BCUT2D eigenvalue weighted by atomic mass is 16.5. The Morgan fingerprint density at radius 2 is 1.86 bits per heavy atom. The molecule has 2 unspecified atom stereocenters. The lowest BCUT2D eigenvalue weighted by Gasteiger charge is -2.27. The van der Waals surface area contributed by atoms with Crippen molar-refractivity contribution in [3.63, 3.8) is 0 Å². The van der Waals surface area contributed by atoms with Crippen molar-refractivity contribution in [2.75, 3.05) is 13.7 Å². The van der Waals surface area contributed by atoms with Gasteiger partial charge in [0.2, 0.25) is 0 Å².